The fourth-order valence-corrected chi connectivity index (χ4v) is 3.07. The highest BCUT2D eigenvalue weighted by Gasteiger charge is 2.27. The van der Waals surface area contributed by atoms with Gasteiger partial charge >= 0.3 is 0 Å². The summed E-state index contributed by atoms with van der Waals surface area (Å²) in [5.41, 5.74) is 3.94. The van der Waals surface area contributed by atoms with Gasteiger partial charge in [0.1, 0.15) is 0 Å². The van der Waals surface area contributed by atoms with Gasteiger partial charge in [-0.3, -0.25) is 4.79 Å². The monoisotopic (exact) mass is 244 g/mol. The maximum absolute atomic E-state index is 11.4. The fourth-order valence-electron chi connectivity index (χ4n) is 3.07. The quantitative estimate of drug-likeness (QED) is 0.677. The molecule has 98 valence electrons. The van der Waals surface area contributed by atoms with Crippen LogP contribution in [0.1, 0.15) is 73.9 Å². The molecular weight excluding hydrogens is 220 g/mol. The van der Waals surface area contributed by atoms with Crippen molar-refractivity contribution in [2.24, 2.45) is 5.41 Å². The molecule has 1 heteroatoms. The molecule has 0 unspecified atom stereocenters. The molecule has 0 spiro atoms. The summed E-state index contributed by atoms with van der Waals surface area (Å²) in [6.45, 7) is 8.43. The summed E-state index contributed by atoms with van der Waals surface area (Å²) >= 11 is 0. The van der Waals surface area contributed by atoms with Gasteiger partial charge < -0.3 is 0 Å². The maximum Gasteiger partial charge on any atom is 0.160 e. The van der Waals surface area contributed by atoms with Crippen molar-refractivity contribution in [2.45, 2.75) is 59.3 Å². The molecule has 1 saturated carbocycles. The zero-order valence-corrected chi connectivity index (χ0v) is 12.0. The van der Waals surface area contributed by atoms with E-state index in [2.05, 4.69) is 26.0 Å². The highest BCUT2D eigenvalue weighted by molar-refractivity contribution is 5.95. The van der Waals surface area contributed by atoms with Crippen molar-refractivity contribution in [3.63, 3.8) is 0 Å². The largest absolute Gasteiger partial charge is 0.295 e. The average molecular weight is 244 g/mol. The number of ketones is 1. The van der Waals surface area contributed by atoms with Crippen LogP contribution in [0, 0.1) is 12.3 Å². The van der Waals surface area contributed by atoms with Crippen molar-refractivity contribution >= 4 is 5.78 Å². The van der Waals surface area contributed by atoms with Gasteiger partial charge in [-0.15, -0.1) is 0 Å². The molecule has 2 rings (SSSR count). The molecule has 0 N–H and O–H groups in total. The SMILES string of the molecule is CC(=O)c1ccc(C2CCC(C)(C)CC2)cc1C. The van der Waals surface area contributed by atoms with E-state index >= 15 is 0 Å². The summed E-state index contributed by atoms with van der Waals surface area (Å²) in [5.74, 6) is 0.863. The summed E-state index contributed by atoms with van der Waals surface area (Å²) in [6, 6.07) is 6.39. The molecule has 1 aliphatic rings. The van der Waals surface area contributed by atoms with Gasteiger partial charge in [-0.25, -0.2) is 0 Å². The number of hydrogen-bond donors (Lipinski definition) is 0. The summed E-state index contributed by atoms with van der Waals surface area (Å²) in [4.78, 5) is 11.4. The fraction of sp³-hybridized carbons (Fsp3) is 0.588. The van der Waals surface area contributed by atoms with E-state index in [9.17, 15) is 4.79 Å². The highest BCUT2D eigenvalue weighted by Crippen LogP contribution is 2.42. The van der Waals surface area contributed by atoms with Crippen LogP contribution in [0.4, 0.5) is 0 Å². The Morgan fingerprint density at radius 1 is 1.22 bits per heavy atom. The van der Waals surface area contributed by atoms with E-state index in [0.29, 0.717) is 11.3 Å². The molecule has 0 amide bonds. The van der Waals surface area contributed by atoms with E-state index in [1.807, 2.05) is 13.0 Å². The second kappa shape index (κ2) is 4.87. The molecule has 1 aromatic rings. The lowest BCUT2D eigenvalue weighted by molar-refractivity contribution is 0.101. The van der Waals surface area contributed by atoms with Crippen LogP contribution in [0.3, 0.4) is 0 Å². The Morgan fingerprint density at radius 3 is 2.33 bits per heavy atom. The molecule has 1 aromatic carbocycles. The predicted octanol–water partition coefficient (Wildman–Crippen LogP) is 4.88. The van der Waals surface area contributed by atoms with Crippen LogP contribution in [0.2, 0.25) is 0 Å². The first-order valence-corrected chi connectivity index (χ1v) is 7.00. The predicted molar refractivity (Wildman–Crippen MR) is 76.2 cm³/mol. The lowest BCUT2D eigenvalue weighted by Crippen LogP contribution is -2.20. The van der Waals surface area contributed by atoms with Crippen molar-refractivity contribution in [1.29, 1.82) is 0 Å². The third-order valence-electron chi connectivity index (χ3n) is 4.44. The standard InChI is InChI=1S/C17H24O/c1-12-11-15(5-6-16(12)13(2)18)14-7-9-17(3,4)10-8-14/h5-6,11,14H,7-10H2,1-4H3. The first-order valence-electron chi connectivity index (χ1n) is 7.00. The smallest absolute Gasteiger partial charge is 0.160 e. The summed E-state index contributed by atoms with van der Waals surface area (Å²) < 4.78 is 0. The van der Waals surface area contributed by atoms with Crippen molar-refractivity contribution in [2.75, 3.05) is 0 Å². The zero-order chi connectivity index (χ0) is 13.3. The Labute approximate surface area is 111 Å². The topological polar surface area (TPSA) is 17.1 Å². The molecule has 0 aliphatic heterocycles. The Balaban J connectivity index is 2.16. The molecule has 1 nitrogen and oxygen atoms in total. The number of Topliss-reactive ketones (excluding diaryl/α,β-unsaturated/α-hetero) is 1. The molecule has 0 bridgehead atoms. The van der Waals surface area contributed by atoms with E-state index in [-0.39, 0.29) is 5.78 Å². The molecule has 0 saturated heterocycles. The zero-order valence-electron chi connectivity index (χ0n) is 12.0. The number of hydrogen-bond acceptors (Lipinski definition) is 1. The first kappa shape index (κ1) is 13.3. The number of aryl methyl sites for hydroxylation is 1. The lowest BCUT2D eigenvalue weighted by Gasteiger charge is -2.34. The van der Waals surface area contributed by atoms with Gasteiger partial charge in [0, 0.05) is 5.56 Å². The maximum atomic E-state index is 11.4. The third kappa shape index (κ3) is 2.82. The van der Waals surface area contributed by atoms with E-state index in [1.165, 1.54) is 31.2 Å². The molecule has 0 aromatic heterocycles. The lowest BCUT2D eigenvalue weighted by atomic mass is 9.71. The van der Waals surface area contributed by atoms with Crippen LogP contribution in [0.5, 0.6) is 0 Å². The molecule has 1 aliphatic carbocycles. The van der Waals surface area contributed by atoms with E-state index < -0.39 is 0 Å². The molecule has 1 fully saturated rings. The first-order chi connectivity index (χ1) is 8.39. The second-order valence-electron chi connectivity index (χ2n) is 6.57. The Hall–Kier alpha value is -1.11. The van der Waals surface area contributed by atoms with E-state index in [0.717, 1.165) is 11.1 Å². The molecule has 0 atom stereocenters. The van der Waals surface area contributed by atoms with Gasteiger partial charge in [0.2, 0.25) is 0 Å². The number of carbonyl (C=O) groups excluding carboxylic acids is 1. The number of carbonyl (C=O) groups is 1. The van der Waals surface area contributed by atoms with Crippen LogP contribution < -0.4 is 0 Å². The minimum atomic E-state index is 0.170. The van der Waals surface area contributed by atoms with Crippen LogP contribution >= 0.6 is 0 Å². The number of benzene rings is 1. The van der Waals surface area contributed by atoms with Crippen LogP contribution in [0.15, 0.2) is 18.2 Å². The normalized spacial score (nSPS) is 19.8. The van der Waals surface area contributed by atoms with Gasteiger partial charge in [-0.2, -0.15) is 0 Å². The van der Waals surface area contributed by atoms with E-state index in [1.54, 1.807) is 6.92 Å². The third-order valence-corrected chi connectivity index (χ3v) is 4.44. The van der Waals surface area contributed by atoms with Gasteiger partial charge in [0.15, 0.2) is 5.78 Å². The molecule has 0 radical (unpaired) electrons. The Kier molecular flexibility index (Phi) is 3.61. The second-order valence-corrected chi connectivity index (χ2v) is 6.57. The van der Waals surface area contributed by atoms with Crippen LogP contribution in [-0.2, 0) is 0 Å². The van der Waals surface area contributed by atoms with Crippen molar-refractivity contribution in [1.82, 2.24) is 0 Å². The molecule has 18 heavy (non-hydrogen) atoms. The van der Waals surface area contributed by atoms with Crippen LogP contribution in [-0.4, -0.2) is 5.78 Å². The van der Waals surface area contributed by atoms with Crippen molar-refractivity contribution in [3.8, 4) is 0 Å². The Morgan fingerprint density at radius 2 is 1.83 bits per heavy atom. The summed E-state index contributed by atoms with van der Waals surface area (Å²) in [7, 11) is 0. The summed E-state index contributed by atoms with van der Waals surface area (Å²) in [5, 5.41) is 0. The Bertz CT molecular complexity index is 447. The number of rotatable bonds is 2. The van der Waals surface area contributed by atoms with Crippen molar-refractivity contribution in [3.05, 3.63) is 34.9 Å². The highest BCUT2D eigenvalue weighted by atomic mass is 16.1. The van der Waals surface area contributed by atoms with Gasteiger partial charge in [0.25, 0.3) is 0 Å². The molecule has 0 heterocycles. The minimum Gasteiger partial charge on any atom is -0.295 e. The minimum absolute atomic E-state index is 0.170. The molecular formula is C17H24O. The van der Waals surface area contributed by atoms with Gasteiger partial charge in [-0.1, -0.05) is 32.0 Å². The average Bonchev–Trinajstić information content (AvgIpc) is 2.28. The van der Waals surface area contributed by atoms with Crippen molar-refractivity contribution < 1.29 is 4.79 Å². The van der Waals surface area contributed by atoms with Gasteiger partial charge in [0.05, 0.1) is 0 Å². The summed E-state index contributed by atoms with van der Waals surface area (Å²) in [6.07, 6.45) is 5.19. The van der Waals surface area contributed by atoms with Crippen LogP contribution in [0.25, 0.3) is 0 Å². The van der Waals surface area contributed by atoms with Gasteiger partial charge in [-0.05, 0) is 62.0 Å². The van der Waals surface area contributed by atoms with E-state index in [4.69, 9.17) is 0 Å².